The third kappa shape index (κ3) is 8.98. The zero-order valence-corrected chi connectivity index (χ0v) is 30.2. The van der Waals surface area contributed by atoms with Crippen LogP contribution >= 0.6 is 0 Å². The summed E-state index contributed by atoms with van der Waals surface area (Å²) >= 11 is 0. The summed E-state index contributed by atoms with van der Waals surface area (Å²) in [4.78, 5) is 90.2. The molecule has 0 saturated heterocycles. The summed E-state index contributed by atoms with van der Waals surface area (Å²) in [6.07, 6.45) is 7.48. The van der Waals surface area contributed by atoms with Crippen molar-refractivity contribution in [3.63, 3.8) is 0 Å². The van der Waals surface area contributed by atoms with E-state index in [1.807, 2.05) is 72.7 Å². The Morgan fingerprint density at radius 2 is 1.68 bits per heavy atom. The molecular weight excluding hydrogens is 638 g/mol. The standard InChI is InChI=1S/C37H51N7O6/c1-8-11-26(29(46)33(49)41-25-14-15-25)42-32(48)28-18-23-12-9-10-13-24(23)20-44(28)34(50)30(35(2,3)4)40-21-37(22-45,36(5,6)7)43-31(47)27-19-38-16-17-39-27/h9-10,12-13,16-17,19,22,25-26,28,30,40H,8,11,14-15,18,20-21H2,1-7H3,(H,41,49)(H,42,48)(H,43,47)/t26-,28-,30+,37+/m0/s1. The number of aromatic nitrogens is 2. The molecule has 1 aliphatic carbocycles. The first-order chi connectivity index (χ1) is 23.5. The molecule has 50 heavy (non-hydrogen) atoms. The molecule has 1 aromatic carbocycles. The van der Waals surface area contributed by atoms with Crippen LogP contribution in [0.15, 0.2) is 42.9 Å². The van der Waals surface area contributed by atoms with E-state index < -0.39 is 58.0 Å². The van der Waals surface area contributed by atoms with E-state index in [-0.39, 0.29) is 43.6 Å². The third-order valence-electron chi connectivity index (χ3n) is 9.55. The number of fused-ring (bicyclic) bond motifs is 1. The molecule has 4 atom stereocenters. The minimum Gasteiger partial charge on any atom is -0.347 e. The van der Waals surface area contributed by atoms with Crippen LogP contribution in [-0.2, 0) is 36.9 Å². The minimum absolute atomic E-state index is 0.00853. The van der Waals surface area contributed by atoms with Gasteiger partial charge in [-0.05, 0) is 41.2 Å². The SMILES string of the molecule is CCC[C@H](NC(=O)[C@@H]1Cc2ccccc2CN1C(=O)[C@@H](NC[C@](C=O)(NC(=O)c1cnccn1)C(C)(C)C)C(C)(C)C)C(=O)C(=O)NC1CC1. The van der Waals surface area contributed by atoms with E-state index in [4.69, 9.17) is 0 Å². The van der Waals surface area contributed by atoms with Crippen molar-refractivity contribution in [2.75, 3.05) is 6.54 Å². The summed E-state index contributed by atoms with van der Waals surface area (Å²) in [5.74, 6) is -2.92. The predicted molar refractivity (Wildman–Crippen MR) is 186 cm³/mol. The number of carbonyl (C=O) groups excluding carboxylic acids is 6. The number of ketones is 1. The van der Waals surface area contributed by atoms with E-state index in [1.54, 1.807) is 0 Å². The molecule has 13 nitrogen and oxygen atoms in total. The molecular formula is C37H51N7O6. The molecule has 4 N–H and O–H groups in total. The Labute approximate surface area is 294 Å². The fourth-order valence-electron chi connectivity index (χ4n) is 6.08. The fourth-order valence-corrected chi connectivity index (χ4v) is 6.08. The molecule has 4 rings (SSSR count). The minimum atomic E-state index is -1.47. The Morgan fingerprint density at radius 1 is 1.00 bits per heavy atom. The highest BCUT2D eigenvalue weighted by molar-refractivity contribution is 6.38. The van der Waals surface area contributed by atoms with Crippen LogP contribution in [0.4, 0.5) is 0 Å². The number of hydrogen-bond donors (Lipinski definition) is 4. The van der Waals surface area contributed by atoms with Gasteiger partial charge in [-0.3, -0.25) is 29.0 Å². The monoisotopic (exact) mass is 689 g/mol. The second-order valence-corrected chi connectivity index (χ2v) is 15.5. The van der Waals surface area contributed by atoms with Crippen molar-refractivity contribution < 1.29 is 28.8 Å². The maximum absolute atomic E-state index is 14.7. The zero-order chi connectivity index (χ0) is 36.9. The van der Waals surface area contributed by atoms with E-state index in [0.29, 0.717) is 12.7 Å². The number of Topliss-reactive ketones (excluding diaryl/α,β-unsaturated/α-hetero) is 1. The molecule has 4 amide bonds. The van der Waals surface area contributed by atoms with Crippen LogP contribution in [0.5, 0.6) is 0 Å². The smallest absolute Gasteiger partial charge is 0.289 e. The van der Waals surface area contributed by atoms with Gasteiger partial charge in [0.15, 0.2) is 0 Å². The topological polar surface area (TPSA) is 180 Å². The van der Waals surface area contributed by atoms with Gasteiger partial charge >= 0.3 is 0 Å². The Morgan fingerprint density at radius 3 is 2.24 bits per heavy atom. The number of nitrogens with one attached hydrogen (secondary N) is 4. The van der Waals surface area contributed by atoms with Gasteiger partial charge < -0.3 is 31.0 Å². The lowest BCUT2D eigenvalue weighted by Crippen LogP contribution is -2.67. The molecule has 1 aromatic heterocycles. The van der Waals surface area contributed by atoms with Gasteiger partial charge in [-0.2, -0.15) is 0 Å². The second-order valence-electron chi connectivity index (χ2n) is 15.5. The number of amides is 4. The normalized spacial score (nSPS) is 18.5. The van der Waals surface area contributed by atoms with Crippen LogP contribution in [0.25, 0.3) is 0 Å². The lowest BCUT2D eigenvalue weighted by Gasteiger charge is -2.45. The van der Waals surface area contributed by atoms with Crippen molar-refractivity contribution in [1.29, 1.82) is 0 Å². The van der Waals surface area contributed by atoms with Crippen molar-refractivity contribution in [2.45, 2.75) is 117 Å². The molecule has 1 saturated carbocycles. The molecule has 2 aromatic rings. The predicted octanol–water partition coefficient (Wildman–Crippen LogP) is 2.28. The van der Waals surface area contributed by atoms with E-state index in [1.165, 1.54) is 23.5 Å². The van der Waals surface area contributed by atoms with E-state index in [0.717, 1.165) is 24.0 Å². The summed E-state index contributed by atoms with van der Waals surface area (Å²) in [6, 6.07) is 4.65. The summed E-state index contributed by atoms with van der Waals surface area (Å²) in [6.45, 7) is 13.0. The maximum Gasteiger partial charge on any atom is 0.289 e. The highest BCUT2D eigenvalue weighted by atomic mass is 16.2. The quantitative estimate of drug-likeness (QED) is 0.171. The maximum atomic E-state index is 14.7. The summed E-state index contributed by atoms with van der Waals surface area (Å²) in [7, 11) is 0. The number of aldehydes is 1. The first-order valence-corrected chi connectivity index (χ1v) is 17.3. The molecule has 2 heterocycles. The Balaban J connectivity index is 1.63. The van der Waals surface area contributed by atoms with Crippen molar-refractivity contribution >= 4 is 35.7 Å². The molecule has 2 aliphatic rings. The van der Waals surface area contributed by atoms with E-state index >= 15 is 0 Å². The van der Waals surface area contributed by atoms with Crippen LogP contribution in [-0.4, -0.2) is 86.8 Å². The molecule has 0 unspecified atom stereocenters. The summed E-state index contributed by atoms with van der Waals surface area (Å²) in [5.41, 5.74) is -1.15. The van der Waals surface area contributed by atoms with Gasteiger partial charge in [0.2, 0.25) is 17.6 Å². The van der Waals surface area contributed by atoms with Crippen molar-refractivity contribution in [3.05, 3.63) is 59.7 Å². The molecule has 0 radical (unpaired) electrons. The second kappa shape index (κ2) is 15.6. The van der Waals surface area contributed by atoms with Crippen LogP contribution in [0.1, 0.15) is 95.8 Å². The Kier molecular flexibility index (Phi) is 11.9. The van der Waals surface area contributed by atoms with Gasteiger partial charge in [-0.1, -0.05) is 79.2 Å². The number of hydrogen-bond acceptors (Lipinski definition) is 9. The largest absolute Gasteiger partial charge is 0.347 e. The fraction of sp³-hybridized carbons (Fsp3) is 0.568. The van der Waals surface area contributed by atoms with Crippen LogP contribution in [0, 0.1) is 10.8 Å². The number of carbonyl (C=O) groups is 6. The molecule has 0 spiro atoms. The summed E-state index contributed by atoms with van der Waals surface area (Å²) < 4.78 is 0. The molecule has 0 bridgehead atoms. The molecule has 270 valence electrons. The average molecular weight is 690 g/mol. The first kappa shape index (κ1) is 38.3. The van der Waals surface area contributed by atoms with Gasteiger partial charge in [-0.25, -0.2) is 4.98 Å². The average Bonchev–Trinajstić information content (AvgIpc) is 3.89. The third-order valence-corrected chi connectivity index (χ3v) is 9.55. The van der Waals surface area contributed by atoms with Crippen LogP contribution < -0.4 is 21.3 Å². The van der Waals surface area contributed by atoms with Crippen molar-refractivity contribution in [3.8, 4) is 0 Å². The van der Waals surface area contributed by atoms with E-state index in [9.17, 15) is 28.8 Å². The van der Waals surface area contributed by atoms with Crippen LogP contribution in [0.2, 0.25) is 0 Å². The number of benzene rings is 1. The zero-order valence-electron chi connectivity index (χ0n) is 30.2. The lowest BCUT2D eigenvalue weighted by molar-refractivity contribution is -0.147. The van der Waals surface area contributed by atoms with Crippen molar-refractivity contribution in [1.82, 2.24) is 36.1 Å². The number of rotatable bonds is 14. The van der Waals surface area contributed by atoms with Gasteiger partial charge in [0.05, 0.1) is 18.3 Å². The highest BCUT2D eigenvalue weighted by Gasteiger charge is 2.47. The molecule has 1 fully saturated rings. The van der Waals surface area contributed by atoms with Gasteiger partial charge in [0.1, 0.15) is 23.6 Å². The number of nitrogens with zero attached hydrogens (tertiary/aromatic N) is 3. The highest BCUT2D eigenvalue weighted by Crippen LogP contribution is 2.32. The molecule has 1 aliphatic heterocycles. The summed E-state index contributed by atoms with van der Waals surface area (Å²) in [5, 5.41) is 11.7. The first-order valence-electron chi connectivity index (χ1n) is 17.3. The lowest BCUT2D eigenvalue weighted by atomic mass is 9.73. The van der Waals surface area contributed by atoms with E-state index in [2.05, 4.69) is 31.2 Å². The van der Waals surface area contributed by atoms with Gasteiger partial charge in [0, 0.05) is 37.9 Å². The van der Waals surface area contributed by atoms with Gasteiger partial charge in [-0.15, -0.1) is 0 Å². The van der Waals surface area contributed by atoms with Crippen molar-refractivity contribution in [2.24, 2.45) is 10.8 Å². The molecule has 13 heteroatoms. The van der Waals surface area contributed by atoms with Crippen LogP contribution in [0.3, 0.4) is 0 Å². The Bertz CT molecular complexity index is 1580. The Hall–Kier alpha value is -4.52. The van der Waals surface area contributed by atoms with Gasteiger partial charge in [0.25, 0.3) is 11.8 Å².